The third-order valence-electron chi connectivity index (χ3n) is 4.10. The molecule has 5 nitrogen and oxygen atoms in total. The number of fused-ring (bicyclic) bond motifs is 1. The number of nitrogens with one attached hydrogen (secondary N) is 2. The third kappa shape index (κ3) is 3.93. The molecule has 124 valence electrons. The average molecular weight is 324 g/mol. The number of aryl methyl sites for hydroxylation is 2. The normalized spacial score (nSPS) is 10.9. The summed E-state index contributed by atoms with van der Waals surface area (Å²) >= 11 is 0. The minimum absolute atomic E-state index is 0.0486. The maximum Gasteiger partial charge on any atom is 0.417 e. The summed E-state index contributed by atoms with van der Waals surface area (Å²) in [4.78, 5) is 25.7. The molecule has 3 rings (SSSR count). The van der Waals surface area contributed by atoms with Crippen molar-refractivity contribution in [3.05, 3.63) is 69.7 Å². The second kappa shape index (κ2) is 7.17. The highest BCUT2D eigenvalue weighted by Crippen LogP contribution is 2.12. The number of oxazole rings is 1. The summed E-state index contributed by atoms with van der Waals surface area (Å²) in [7, 11) is 0. The number of carbonyl (C=O) groups excluding carboxylic acids is 1. The lowest BCUT2D eigenvalue weighted by atomic mass is 10.0. The number of rotatable bonds is 6. The molecule has 2 aromatic carbocycles. The molecular weight excluding hydrogens is 304 g/mol. The summed E-state index contributed by atoms with van der Waals surface area (Å²) in [5.41, 5.74) is 4.67. The van der Waals surface area contributed by atoms with Crippen molar-refractivity contribution in [3.8, 4) is 0 Å². The van der Waals surface area contributed by atoms with Crippen LogP contribution in [0, 0.1) is 6.92 Å². The first-order chi connectivity index (χ1) is 11.6. The zero-order chi connectivity index (χ0) is 16.9. The van der Waals surface area contributed by atoms with Gasteiger partial charge in [-0.2, -0.15) is 0 Å². The van der Waals surface area contributed by atoms with Gasteiger partial charge in [-0.15, -0.1) is 0 Å². The molecule has 0 bridgehead atoms. The molecule has 1 heterocycles. The Morgan fingerprint density at radius 2 is 2.00 bits per heavy atom. The first-order valence-corrected chi connectivity index (χ1v) is 8.05. The second-order valence-electron chi connectivity index (χ2n) is 5.87. The SMILES string of the molecule is Cc1ccccc1CCC(=O)NCCc1ccc2[nH]c(=O)oc2c1. The number of benzene rings is 2. The molecule has 5 heteroatoms. The maximum absolute atomic E-state index is 12.0. The Kier molecular flexibility index (Phi) is 4.79. The van der Waals surface area contributed by atoms with Crippen molar-refractivity contribution >= 4 is 17.0 Å². The summed E-state index contributed by atoms with van der Waals surface area (Å²) in [6, 6.07) is 13.7. The highest BCUT2D eigenvalue weighted by atomic mass is 16.4. The van der Waals surface area contributed by atoms with E-state index >= 15 is 0 Å². The number of amides is 1. The lowest BCUT2D eigenvalue weighted by molar-refractivity contribution is -0.121. The van der Waals surface area contributed by atoms with E-state index in [-0.39, 0.29) is 5.91 Å². The minimum Gasteiger partial charge on any atom is -0.408 e. The summed E-state index contributed by atoms with van der Waals surface area (Å²) in [5, 5.41) is 2.94. The molecule has 0 aliphatic rings. The van der Waals surface area contributed by atoms with Crippen LogP contribution < -0.4 is 11.1 Å². The van der Waals surface area contributed by atoms with Crippen molar-refractivity contribution in [1.29, 1.82) is 0 Å². The molecule has 0 aliphatic carbocycles. The second-order valence-corrected chi connectivity index (χ2v) is 5.87. The fraction of sp³-hybridized carbons (Fsp3) is 0.263. The van der Waals surface area contributed by atoms with E-state index in [1.807, 2.05) is 30.3 Å². The fourth-order valence-electron chi connectivity index (χ4n) is 2.72. The van der Waals surface area contributed by atoms with Gasteiger partial charge in [-0.1, -0.05) is 30.3 Å². The van der Waals surface area contributed by atoms with E-state index < -0.39 is 5.76 Å². The van der Waals surface area contributed by atoms with E-state index in [0.717, 1.165) is 12.0 Å². The van der Waals surface area contributed by atoms with E-state index in [2.05, 4.69) is 29.4 Å². The van der Waals surface area contributed by atoms with Gasteiger partial charge in [-0.3, -0.25) is 9.78 Å². The molecule has 1 aromatic heterocycles. The van der Waals surface area contributed by atoms with Gasteiger partial charge in [0.1, 0.15) is 0 Å². The molecule has 0 fully saturated rings. The van der Waals surface area contributed by atoms with Gasteiger partial charge in [0.05, 0.1) is 5.52 Å². The Hall–Kier alpha value is -2.82. The van der Waals surface area contributed by atoms with Crippen molar-refractivity contribution in [3.63, 3.8) is 0 Å². The fourth-order valence-corrected chi connectivity index (χ4v) is 2.72. The molecule has 0 saturated heterocycles. The zero-order valence-electron chi connectivity index (χ0n) is 13.6. The van der Waals surface area contributed by atoms with Gasteiger partial charge >= 0.3 is 5.76 Å². The maximum atomic E-state index is 12.0. The van der Waals surface area contributed by atoms with Crippen LogP contribution in [0.5, 0.6) is 0 Å². The van der Waals surface area contributed by atoms with Crippen molar-refractivity contribution in [2.45, 2.75) is 26.2 Å². The number of aromatic amines is 1. The third-order valence-corrected chi connectivity index (χ3v) is 4.10. The number of aromatic nitrogens is 1. The minimum atomic E-state index is -0.452. The first kappa shape index (κ1) is 16.1. The van der Waals surface area contributed by atoms with Crippen LogP contribution in [0.2, 0.25) is 0 Å². The zero-order valence-corrected chi connectivity index (χ0v) is 13.6. The predicted molar refractivity (Wildman–Crippen MR) is 93.0 cm³/mol. The van der Waals surface area contributed by atoms with Crippen LogP contribution in [-0.4, -0.2) is 17.4 Å². The highest BCUT2D eigenvalue weighted by molar-refractivity contribution is 5.76. The molecular formula is C19H20N2O3. The first-order valence-electron chi connectivity index (χ1n) is 8.05. The van der Waals surface area contributed by atoms with E-state index in [1.165, 1.54) is 11.1 Å². The Labute approximate surface area is 139 Å². The number of hydrogen-bond acceptors (Lipinski definition) is 3. The van der Waals surface area contributed by atoms with E-state index in [9.17, 15) is 9.59 Å². The number of carbonyl (C=O) groups is 1. The van der Waals surface area contributed by atoms with Gasteiger partial charge < -0.3 is 9.73 Å². The standard InChI is InChI=1S/C19H20N2O3/c1-13-4-2-3-5-15(13)7-9-18(22)20-11-10-14-6-8-16-17(12-14)24-19(23)21-16/h2-6,8,12H,7,9-11H2,1H3,(H,20,22)(H,21,23). The van der Waals surface area contributed by atoms with Crippen LogP contribution in [0.15, 0.2) is 51.7 Å². The molecule has 1 amide bonds. The predicted octanol–water partition coefficient (Wildman–Crippen LogP) is 2.72. The molecule has 24 heavy (non-hydrogen) atoms. The van der Waals surface area contributed by atoms with E-state index in [0.29, 0.717) is 30.5 Å². The molecule has 0 radical (unpaired) electrons. The van der Waals surface area contributed by atoms with Gasteiger partial charge in [0.25, 0.3) is 0 Å². The Balaban J connectivity index is 1.47. The topological polar surface area (TPSA) is 75.1 Å². The van der Waals surface area contributed by atoms with Crippen LogP contribution in [0.4, 0.5) is 0 Å². The molecule has 0 aliphatic heterocycles. The Morgan fingerprint density at radius 1 is 1.17 bits per heavy atom. The summed E-state index contributed by atoms with van der Waals surface area (Å²) in [5.74, 6) is -0.404. The van der Waals surface area contributed by atoms with Gasteiger partial charge in [0.15, 0.2) is 5.58 Å². The summed E-state index contributed by atoms with van der Waals surface area (Å²) in [6.45, 7) is 2.62. The molecule has 3 aromatic rings. The quantitative estimate of drug-likeness (QED) is 0.732. The molecule has 0 atom stereocenters. The van der Waals surface area contributed by atoms with Crippen LogP contribution in [0.25, 0.3) is 11.1 Å². The Morgan fingerprint density at radius 3 is 2.83 bits per heavy atom. The monoisotopic (exact) mass is 324 g/mol. The molecule has 2 N–H and O–H groups in total. The van der Waals surface area contributed by atoms with E-state index in [1.54, 1.807) is 0 Å². The van der Waals surface area contributed by atoms with Crippen LogP contribution in [-0.2, 0) is 17.6 Å². The van der Waals surface area contributed by atoms with Gasteiger partial charge in [-0.05, 0) is 48.6 Å². The molecule has 0 saturated carbocycles. The van der Waals surface area contributed by atoms with Crippen molar-refractivity contribution in [1.82, 2.24) is 10.3 Å². The van der Waals surface area contributed by atoms with Crippen LogP contribution >= 0.6 is 0 Å². The van der Waals surface area contributed by atoms with Gasteiger partial charge in [0, 0.05) is 13.0 Å². The Bertz CT molecular complexity index is 908. The van der Waals surface area contributed by atoms with Crippen LogP contribution in [0.1, 0.15) is 23.1 Å². The summed E-state index contributed by atoms with van der Waals surface area (Å²) < 4.78 is 5.04. The lowest BCUT2D eigenvalue weighted by Gasteiger charge is -2.07. The van der Waals surface area contributed by atoms with Crippen molar-refractivity contribution in [2.24, 2.45) is 0 Å². The van der Waals surface area contributed by atoms with Gasteiger partial charge in [-0.25, -0.2) is 4.79 Å². The largest absolute Gasteiger partial charge is 0.417 e. The smallest absolute Gasteiger partial charge is 0.408 e. The van der Waals surface area contributed by atoms with Crippen molar-refractivity contribution < 1.29 is 9.21 Å². The van der Waals surface area contributed by atoms with Gasteiger partial charge in [0.2, 0.25) is 5.91 Å². The van der Waals surface area contributed by atoms with E-state index in [4.69, 9.17) is 4.42 Å². The number of H-pyrrole nitrogens is 1. The lowest BCUT2D eigenvalue weighted by Crippen LogP contribution is -2.25. The van der Waals surface area contributed by atoms with Crippen LogP contribution in [0.3, 0.4) is 0 Å². The molecule has 0 unspecified atom stereocenters. The average Bonchev–Trinajstić information content (AvgIpc) is 2.93. The molecule has 0 spiro atoms. The number of hydrogen-bond donors (Lipinski definition) is 2. The van der Waals surface area contributed by atoms with Crippen molar-refractivity contribution in [2.75, 3.05) is 6.54 Å². The highest BCUT2D eigenvalue weighted by Gasteiger charge is 2.05. The summed E-state index contributed by atoms with van der Waals surface area (Å²) in [6.07, 6.45) is 1.93.